The van der Waals surface area contributed by atoms with E-state index in [2.05, 4.69) is 5.32 Å². The van der Waals surface area contributed by atoms with E-state index < -0.39 is 6.04 Å². The lowest BCUT2D eigenvalue weighted by atomic mass is 10.1. The van der Waals surface area contributed by atoms with Crippen molar-refractivity contribution in [3.05, 3.63) is 54.1 Å². The third kappa shape index (κ3) is 4.51. The zero-order chi connectivity index (χ0) is 15.2. The number of rotatable bonds is 5. The molecule has 0 aliphatic carbocycles. The van der Waals surface area contributed by atoms with Gasteiger partial charge in [0, 0.05) is 10.6 Å². The monoisotopic (exact) mass is 302 g/mol. The van der Waals surface area contributed by atoms with Gasteiger partial charge in [-0.15, -0.1) is 11.8 Å². The van der Waals surface area contributed by atoms with Gasteiger partial charge in [0.1, 0.15) is 5.75 Å². The predicted octanol–water partition coefficient (Wildman–Crippen LogP) is 2.62. The van der Waals surface area contributed by atoms with Crippen LogP contribution in [0.25, 0.3) is 0 Å². The van der Waals surface area contributed by atoms with E-state index in [0.717, 1.165) is 16.1 Å². The Balaban J connectivity index is 1.93. The number of phenolic OH excluding ortho intramolecular Hbond substituents is 1. The molecule has 0 saturated carbocycles. The Labute approximate surface area is 128 Å². The molecule has 0 aromatic heterocycles. The Kier molecular flexibility index (Phi) is 5.25. The molecule has 2 aromatic carbocycles. The Morgan fingerprint density at radius 3 is 2.38 bits per heavy atom. The molecule has 5 heteroatoms. The molecule has 0 unspecified atom stereocenters. The minimum absolute atomic E-state index is 0.200. The average molecular weight is 302 g/mol. The first-order valence-corrected chi connectivity index (χ1v) is 7.79. The predicted molar refractivity (Wildman–Crippen MR) is 86.6 cm³/mol. The second-order valence-corrected chi connectivity index (χ2v) is 5.57. The molecule has 21 heavy (non-hydrogen) atoms. The zero-order valence-electron chi connectivity index (χ0n) is 11.7. The Morgan fingerprint density at radius 2 is 1.81 bits per heavy atom. The highest BCUT2D eigenvalue weighted by molar-refractivity contribution is 7.98. The Morgan fingerprint density at radius 1 is 1.19 bits per heavy atom. The molecule has 1 atom stereocenters. The summed E-state index contributed by atoms with van der Waals surface area (Å²) in [6.45, 7) is 0. The van der Waals surface area contributed by atoms with E-state index in [0.29, 0.717) is 6.42 Å². The van der Waals surface area contributed by atoms with Gasteiger partial charge in [-0.05, 0) is 54.6 Å². The normalized spacial score (nSPS) is 11.9. The average Bonchev–Trinajstić information content (AvgIpc) is 2.50. The number of nitrogens with two attached hydrogens (primary N) is 1. The lowest BCUT2D eigenvalue weighted by molar-refractivity contribution is -0.117. The van der Waals surface area contributed by atoms with Crippen LogP contribution in [0.5, 0.6) is 5.75 Å². The van der Waals surface area contributed by atoms with Crippen LogP contribution >= 0.6 is 11.8 Å². The molecule has 2 rings (SSSR count). The van der Waals surface area contributed by atoms with Gasteiger partial charge in [0.2, 0.25) is 5.91 Å². The summed E-state index contributed by atoms with van der Waals surface area (Å²) < 4.78 is 0. The summed E-state index contributed by atoms with van der Waals surface area (Å²) in [5.74, 6) is -0.0226. The van der Waals surface area contributed by atoms with Crippen molar-refractivity contribution in [3.8, 4) is 5.75 Å². The lowest BCUT2D eigenvalue weighted by Crippen LogP contribution is -2.37. The number of hydrogen-bond acceptors (Lipinski definition) is 4. The van der Waals surface area contributed by atoms with Gasteiger partial charge >= 0.3 is 0 Å². The van der Waals surface area contributed by atoms with Crippen molar-refractivity contribution >= 4 is 23.4 Å². The molecule has 0 heterocycles. The van der Waals surface area contributed by atoms with Crippen molar-refractivity contribution in [2.75, 3.05) is 11.6 Å². The smallest absolute Gasteiger partial charge is 0.241 e. The van der Waals surface area contributed by atoms with Gasteiger partial charge in [0.05, 0.1) is 6.04 Å². The van der Waals surface area contributed by atoms with Crippen LogP contribution < -0.4 is 11.1 Å². The number of nitrogens with one attached hydrogen (secondary N) is 1. The topological polar surface area (TPSA) is 75.4 Å². The maximum absolute atomic E-state index is 12.0. The van der Waals surface area contributed by atoms with Crippen molar-refractivity contribution in [3.63, 3.8) is 0 Å². The summed E-state index contributed by atoms with van der Waals surface area (Å²) in [6, 6.07) is 13.7. The van der Waals surface area contributed by atoms with Crippen LogP contribution in [0.15, 0.2) is 53.4 Å². The van der Waals surface area contributed by atoms with Crippen molar-refractivity contribution in [1.29, 1.82) is 0 Å². The van der Waals surface area contributed by atoms with Gasteiger partial charge in [-0.25, -0.2) is 0 Å². The molecule has 0 bridgehead atoms. The number of carbonyl (C=O) groups excluding carboxylic acids is 1. The summed E-state index contributed by atoms with van der Waals surface area (Å²) in [5.41, 5.74) is 7.56. The first-order valence-electron chi connectivity index (χ1n) is 6.57. The number of benzene rings is 2. The molecule has 0 fully saturated rings. The molecule has 0 radical (unpaired) electrons. The minimum atomic E-state index is -0.630. The van der Waals surface area contributed by atoms with E-state index in [1.807, 2.05) is 30.5 Å². The molecule has 1 amide bonds. The van der Waals surface area contributed by atoms with E-state index >= 15 is 0 Å². The number of carbonyl (C=O) groups is 1. The summed E-state index contributed by atoms with van der Waals surface area (Å²) in [4.78, 5) is 13.2. The largest absolute Gasteiger partial charge is 0.508 e. The number of amides is 1. The molecule has 2 aromatic rings. The van der Waals surface area contributed by atoms with Gasteiger partial charge in [-0.2, -0.15) is 0 Å². The fourth-order valence-corrected chi connectivity index (χ4v) is 2.30. The van der Waals surface area contributed by atoms with Crippen molar-refractivity contribution in [1.82, 2.24) is 0 Å². The summed E-state index contributed by atoms with van der Waals surface area (Å²) >= 11 is 1.65. The number of hydrogen-bond donors (Lipinski definition) is 3. The summed E-state index contributed by atoms with van der Waals surface area (Å²) in [6.07, 6.45) is 2.43. The molecule has 4 N–H and O–H groups in total. The van der Waals surface area contributed by atoms with Crippen molar-refractivity contribution < 1.29 is 9.90 Å². The van der Waals surface area contributed by atoms with Gasteiger partial charge in [0.25, 0.3) is 0 Å². The Hall–Kier alpha value is -1.98. The fourth-order valence-electron chi connectivity index (χ4n) is 1.89. The number of anilines is 1. The number of thioether (sulfide) groups is 1. The van der Waals surface area contributed by atoms with Crippen LogP contribution in [0, 0.1) is 0 Å². The summed E-state index contributed by atoms with van der Waals surface area (Å²) in [5, 5.41) is 12.0. The second kappa shape index (κ2) is 7.15. The van der Waals surface area contributed by atoms with E-state index in [-0.39, 0.29) is 11.7 Å². The molecule has 0 spiro atoms. The maximum Gasteiger partial charge on any atom is 0.241 e. The quantitative estimate of drug-likeness (QED) is 0.742. The van der Waals surface area contributed by atoms with E-state index in [4.69, 9.17) is 5.73 Å². The van der Waals surface area contributed by atoms with Crippen molar-refractivity contribution in [2.24, 2.45) is 5.73 Å². The molecule has 0 saturated heterocycles. The van der Waals surface area contributed by atoms with Gasteiger partial charge in [0.15, 0.2) is 0 Å². The number of aromatic hydroxyl groups is 1. The molecular formula is C16H18N2O2S. The lowest BCUT2D eigenvalue weighted by Gasteiger charge is -2.12. The van der Waals surface area contributed by atoms with Crippen LogP contribution in [0.1, 0.15) is 5.56 Å². The molecule has 110 valence electrons. The molecule has 0 aliphatic heterocycles. The van der Waals surface area contributed by atoms with Gasteiger partial charge < -0.3 is 16.2 Å². The van der Waals surface area contributed by atoms with Crippen LogP contribution in [0.2, 0.25) is 0 Å². The van der Waals surface area contributed by atoms with E-state index in [1.165, 1.54) is 0 Å². The highest BCUT2D eigenvalue weighted by Gasteiger charge is 2.14. The van der Waals surface area contributed by atoms with Crippen molar-refractivity contribution in [2.45, 2.75) is 17.4 Å². The van der Waals surface area contributed by atoms with Crippen LogP contribution in [-0.2, 0) is 11.2 Å². The maximum atomic E-state index is 12.0. The fraction of sp³-hybridized carbons (Fsp3) is 0.188. The number of phenols is 1. The van der Waals surface area contributed by atoms with E-state index in [9.17, 15) is 9.90 Å². The zero-order valence-corrected chi connectivity index (χ0v) is 12.6. The molecular weight excluding hydrogens is 284 g/mol. The van der Waals surface area contributed by atoms with Crippen LogP contribution in [0.3, 0.4) is 0 Å². The third-order valence-electron chi connectivity index (χ3n) is 3.09. The first-order chi connectivity index (χ1) is 10.1. The first kappa shape index (κ1) is 15.4. The third-order valence-corrected chi connectivity index (χ3v) is 3.83. The van der Waals surface area contributed by atoms with Gasteiger partial charge in [-0.1, -0.05) is 12.1 Å². The SMILES string of the molecule is CSc1ccc(NC(=O)[C@H](N)Cc2ccc(O)cc2)cc1. The minimum Gasteiger partial charge on any atom is -0.508 e. The van der Waals surface area contributed by atoms with Crippen LogP contribution in [0.4, 0.5) is 5.69 Å². The molecule has 4 nitrogen and oxygen atoms in total. The Bertz CT molecular complexity index is 597. The summed E-state index contributed by atoms with van der Waals surface area (Å²) in [7, 11) is 0. The highest BCUT2D eigenvalue weighted by Crippen LogP contribution is 2.18. The van der Waals surface area contributed by atoms with E-state index in [1.54, 1.807) is 36.0 Å². The standard InChI is InChI=1S/C16H18N2O2S/c1-21-14-8-4-12(5-9-14)18-16(20)15(17)10-11-2-6-13(19)7-3-11/h2-9,15,19H,10,17H2,1H3,(H,18,20)/t15-/m1/s1. The second-order valence-electron chi connectivity index (χ2n) is 4.69. The van der Waals surface area contributed by atoms with Gasteiger partial charge in [-0.3, -0.25) is 4.79 Å². The highest BCUT2D eigenvalue weighted by atomic mass is 32.2. The molecule has 0 aliphatic rings. The van der Waals surface area contributed by atoms with Crippen LogP contribution in [-0.4, -0.2) is 23.3 Å².